The van der Waals surface area contributed by atoms with E-state index >= 15 is 0 Å². The summed E-state index contributed by atoms with van der Waals surface area (Å²) in [5, 5.41) is 3.22. The highest BCUT2D eigenvalue weighted by Gasteiger charge is 2.42. The van der Waals surface area contributed by atoms with Crippen molar-refractivity contribution in [3.8, 4) is 0 Å². The zero-order valence-electron chi connectivity index (χ0n) is 14.5. The van der Waals surface area contributed by atoms with Crippen LogP contribution in [0.25, 0.3) is 0 Å². The summed E-state index contributed by atoms with van der Waals surface area (Å²) in [5.41, 5.74) is 8.43. The van der Waals surface area contributed by atoms with E-state index in [-0.39, 0.29) is 42.3 Å². The lowest BCUT2D eigenvalue weighted by Gasteiger charge is -2.36. The molecule has 1 aromatic carbocycles. The second-order valence-electron chi connectivity index (χ2n) is 7.05. The van der Waals surface area contributed by atoms with Gasteiger partial charge in [-0.2, -0.15) is 0 Å². The Balaban J connectivity index is 0.00000144. The molecule has 1 saturated carbocycles. The molecule has 1 fully saturated rings. The molecule has 0 spiro atoms. The topological polar surface area (TPSA) is 58.4 Å². The third-order valence-corrected chi connectivity index (χ3v) is 5.40. The molecule has 1 aliphatic heterocycles. The summed E-state index contributed by atoms with van der Waals surface area (Å²) in [7, 11) is 0. The van der Waals surface area contributed by atoms with Gasteiger partial charge in [0, 0.05) is 19.6 Å². The minimum atomic E-state index is -0.237. The maximum Gasteiger partial charge on any atom is 0.237 e. The molecule has 2 atom stereocenters. The van der Waals surface area contributed by atoms with Crippen LogP contribution in [0.4, 0.5) is 0 Å². The standard InChI is InChI=1S/C18H27N3O.2ClH/c1-13(17(22)20-18(2,12-19)16-7-8-16)21-10-9-14-5-3-4-6-15(14)11-21;;/h3-6,13,16H,7-12,19H2,1-2H3,(H,20,22);2*1H. The van der Waals surface area contributed by atoms with E-state index in [1.54, 1.807) is 0 Å². The van der Waals surface area contributed by atoms with Crippen molar-refractivity contribution in [2.45, 2.75) is 51.2 Å². The maximum atomic E-state index is 12.7. The van der Waals surface area contributed by atoms with Crippen LogP contribution in [-0.4, -0.2) is 35.5 Å². The summed E-state index contributed by atoms with van der Waals surface area (Å²) in [5.74, 6) is 0.662. The Bertz CT molecular complexity index is 565. The first-order valence-electron chi connectivity index (χ1n) is 8.36. The number of hydrogen-bond donors (Lipinski definition) is 2. The van der Waals surface area contributed by atoms with Crippen LogP contribution >= 0.6 is 24.8 Å². The van der Waals surface area contributed by atoms with Gasteiger partial charge in [-0.3, -0.25) is 9.69 Å². The smallest absolute Gasteiger partial charge is 0.237 e. The number of nitrogens with two attached hydrogens (primary N) is 1. The van der Waals surface area contributed by atoms with Crippen molar-refractivity contribution in [3.05, 3.63) is 35.4 Å². The van der Waals surface area contributed by atoms with E-state index in [9.17, 15) is 4.79 Å². The van der Waals surface area contributed by atoms with Gasteiger partial charge >= 0.3 is 0 Å². The summed E-state index contributed by atoms with van der Waals surface area (Å²) in [6.07, 6.45) is 3.38. The third-order valence-electron chi connectivity index (χ3n) is 5.40. The highest BCUT2D eigenvalue weighted by atomic mass is 35.5. The van der Waals surface area contributed by atoms with Crippen LogP contribution in [-0.2, 0) is 17.8 Å². The Morgan fingerprint density at radius 1 is 1.33 bits per heavy atom. The van der Waals surface area contributed by atoms with Gasteiger partial charge in [0.2, 0.25) is 5.91 Å². The second kappa shape index (κ2) is 8.52. The molecular weight excluding hydrogens is 345 g/mol. The minimum absolute atomic E-state index is 0. The molecule has 1 aliphatic carbocycles. The van der Waals surface area contributed by atoms with Gasteiger partial charge in [-0.25, -0.2) is 0 Å². The lowest BCUT2D eigenvalue weighted by atomic mass is 9.95. The Morgan fingerprint density at radius 2 is 1.96 bits per heavy atom. The fourth-order valence-electron chi connectivity index (χ4n) is 3.44. The van der Waals surface area contributed by atoms with E-state index in [1.165, 1.54) is 24.0 Å². The van der Waals surface area contributed by atoms with Gasteiger partial charge in [-0.1, -0.05) is 24.3 Å². The molecule has 0 radical (unpaired) electrons. The Morgan fingerprint density at radius 3 is 2.54 bits per heavy atom. The van der Waals surface area contributed by atoms with Crippen molar-refractivity contribution in [1.29, 1.82) is 0 Å². The van der Waals surface area contributed by atoms with Gasteiger partial charge in [0.1, 0.15) is 0 Å². The SMILES string of the molecule is CC(C(=O)NC(C)(CN)C1CC1)N1CCc2ccccc2C1.Cl.Cl. The number of rotatable bonds is 5. The van der Waals surface area contributed by atoms with E-state index in [0.29, 0.717) is 12.5 Å². The first-order chi connectivity index (χ1) is 10.5. The number of carbonyl (C=O) groups excluding carboxylic acids is 1. The van der Waals surface area contributed by atoms with E-state index in [2.05, 4.69) is 41.4 Å². The van der Waals surface area contributed by atoms with Crippen molar-refractivity contribution >= 4 is 30.7 Å². The zero-order chi connectivity index (χ0) is 15.7. The normalized spacial score (nSPS) is 20.6. The van der Waals surface area contributed by atoms with E-state index in [1.807, 2.05) is 6.92 Å². The summed E-state index contributed by atoms with van der Waals surface area (Å²) in [4.78, 5) is 14.9. The molecule has 136 valence electrons. The monoisotopic (exact) mass is 373 g/mol. The number of nitrogens with zero attached hydrogens (tertiary/aromatic N) is 1. The second-order valence-corrected chi connectivity index (χ2v) is 7.05. The molecule has 0 bridgehead atoms. The van der Waals surface area contributed by atoms with Crippen molar-refractivity contribution in [2.75, 3.05) is 13.1 Å². The van der Waals surface area contributed by atoms with Gasteiger partial charge in [-0.15, -0.1) is 24.8 Å². The largest absolute Gasteiger partial charge is 0.348 e. The number of halogens is 2. The molecule has 3 rings (SSSR count). The zero-order valence-corrected chi connectivity index (χ0v) is 16.1. The van der Waals surface area contributed by atoms with Crippen LogP contribution < -0.4 is 11.1 Å². The highest BCUT2D eigenvalue weighted by molar-refractivity contribution is 5.85. The Labute approximate surface area is 157 Å². The molecule has 6 heteroatoms. The average molecular weight is 374 g/mol. The van der Waals surface area contributed by atoms with Gasteiger partial charge in [0.15, 0.2) is 0 Å². The van der Waals surface area contributed by atoms with Crippen LogP contribution in [0, 0.1) is 5.92 Å². The molecule has 0 aromatic heterocycles. The van der Waals surface area contributed by atoms with Gasteiger partial charge in [-0.05, 0) is 50.2 Å². The molecule has 1 heterocycles. The average Bonchev–Trinajstić information content (AvgIpc) is 3.38. The summed E-state index contributed by atoms with van der Waals surface area (Å²) in [6, 6.07) is 8.41. The fourth-order valence-corrected chi connectivity index (χ4v) is 3.44. The Hall–Kier alpha value is -0.810. The molecule has 1 amide bonds. The molecule has 2 aliphatic rings. The predicted octanol–water partition coefficient (Wildman–Crippen LogP) is 2.52. The first-order valence-corrected chi connectivity index (χ1v) is 8.36. The molecule has 3 N–H and O–H groups in total. The van der Waals surface area contributed by atoms with E-state index in [0.717, 1.165) is 19.5 Å². The summed E-state index contributed by atoms with van der Waals surface area (Å²) in [6.45, 7) is 6.40. The first kappa shape index (κ1) is 21.2. The number of amides is 1. The Kier molecular flexibility index (Phi) is 7.54. The minimum Gasteiger partial charge on any atom is -0.348 e. The molecule has 4 nitrogen and oxygen atoms in total. The van der Waals surface area contributed by atoms with Gasteiger partial charge < -0.3 is 11.1 Å². The van der Waals surface area contributed by atoms with Gasteiger partial charge in [0.05, 0.1) is 11.6 Å². The van der Waals surface area contributed by atoms with Crippen molar-refractivity contribution in [3.63, 3.8) is 0 Å². The van der Waals surface area contributed by atoms with Crippen LogP contribution in [0.5, 0.6) is 0 Å². The number of carbonyl (C=O) groups is 1. The number of fused-ring (bicyclic) bond motifs is 1. The molecule has 0 saturated heterocycles. The van der Waals surface area contributed by atoms with Crippen LogP contribution in [0.1, 0.15) is 37.8 Å². The van der Waals surface area contributed by atoms with Crippen LogP contribution in [0.2, 0.25) is 0 Å². The lowest BCUT2D eigenvalue weighted by molar-refractivity contribution is -0.128. The van der Waals surface area contributed by atoms with E-state index < -0.39 is 0 Å². The number of nitrogens with one attached hydrogen (secondary N) is 1. The predicted molar refractivity (Wildman–Crippen MR) is 103 cm³/mol. The lowest BCUT2D eigenvalue weighted by Crippen LogP contribution is -2.58. The van der Waals surface area contributed by atoms with Gasteiger partial charge in [0.25, 0.3) is 0 Å². The van der Waals surface area contributed by atoms with Crippen molar-refractivity contribution in [2.24, 2.45) is 11.7 Å². The van der Waals surface area contributed by atoms with Crippen molar-refractivity contribution < 1.29 is 4.79 Å². The summed E-state index contributed by atoms with van der Waals surface area (Å²) < 4.78 is 0. The van der Waals surface area contributed by atoms with Crippen LogP contribution in [0.15, 0.2) is 24.3 Å². The van der Waals surface area contributed by atoms with Crippen LogP contribution in [0.3, 0.4) is 0 Å². The third kappa shape index (κ3) is 4.42. The fraction of sp³-hybridized carbons (Fsp3) is 0.611. The molecule has 1 aromatic rings. The van der Waals surface area contributed by atoms with Crippen molar-refractivity contribution in [1.82, 2.24) is 10.2 Å². The molecule has 2 unspecified atom stereocenters. The quantitative estimate of drug-likeness (QED) is 0.833. The summed E-state index contributed by atoms with van der Waals surface area (Å²) >= 11 is 0. The number of hydrogen-bond acceptors (Lipinski definition) is 3. The maximum absolute atomic E-state index is 12.7. The molecular formula is C18H29Cl2N3O. The molecule has 24 heavy (non-hydrogen) atoms. The number of benzene rings is 1. The van der Waals surface area contributed by atoms with E-state index in [4.69, 9.17) is 5.73 Å². The highest BCUT2D eigenvalue weighted by Crippen LogP contribution is 2.39.